The third kappa shape index (κ3) is 3.26. The lowest BCUT2D eigenvalue weighted by atomic mass is 10.2. The van der Waals surface area contributed by atoms with Gasteiger partial charge in [-0.25, -0.2) is 15.0 Å². The van der Waals surface area contributed by atoms with Crippen molar-refractivity contribution in [2.75, 3.05) is 0 Å². The molecule has 156 valence electrons. The molecule has 8 heteroatoms. The van der Waals surface area contributed by atoms with Gasteiger partial charge in [0, 0.05) is 34.3 Å². The van der Waals surface area contributed by atoms with Gasteiger partial charge in [0.1, 0.15) is 4.83 Å². The Morgan fingerprint density at radius 2 is 1.90 bits per heavy atom. The van der Waals surface area contributed by atoms with Crippen molar-refractivity contribution in [3.8, 4) is 0 Å². The van der Waals surface area contributed by atoms with Crippen molar-refractivity contribution in [2.24, 2.45) is 0 Å². The summed E-state index contributed by atoms with van der Waals surface area (Å²) >= 11 is 3.23. The molecule has 0 aromatic carbocycles. The predicted octanol–water partition coefficient (Wildman–Crippen LogP) is 5.14. The Morgan fingerprint density at radius 3 is 2.67 bits per heavy atom. The molecule has 0 radical (unpaired) electrons. The van der Waals surface area contributed by atoms with Crippen molar-refractivity contribution in [3.05, 3.63) is 50.1 Å². The predicted molar refractivity (Wildman–Crippen MR) is 123 cm³/mol. The Labute approximate surface area is 183 Å². The highest BCUT2D eigenvalue weighted by Crippen LogP contribution is 2.35. The first kappa shape index (κ1) is 19.8. The van der Waals surface area contributed by atoms with Gasteiger partial charge in [0.05, 0.1) is 11.1 Å². The second kappa shape index (κ2) is 7.50. The molecule has 1 aliphatic rings. The van der Waals surface area contributed by atoms with Crippen molar-refractivity contribution in [3.63, 3.8) is 0 Å². The SMILES string of the molecule is Cc1cc(C)n2cc(CSc3nc4sc(C)c(C)c4c(=O)n3C3CCCC3)nc2n1. The van der Waals surface area contributed by atoms with Crippen molar-refractivity contribution in [2.45, 2.75) is 70.3 Å². The molecule has 4 heterocycles. The van der Waals surface area contributed by atoms with Crippen LogP contribution in [0.5, 0.6) is 0 Å². The van der Waals surface area contributed by atoms with Crippen LogP contribution in [0.4, 0.5) is 0 Å². The maximum Gasteiger partial charge on any atom is 0.263 e. The summed E-state index contributed by atoms with van der Waals surface area (Å²) in [5, 5.41) is 1.62. The Hall–Kier alpha value is -2.19. The zero-order chi connectivity index (χ0) is 21.0. The highest BCUT2D eigenvalue weighted by molar-refractivity contribution is 7.98. The van der Waals surface area contributed by atoms with Gasteiger partial charge in [-0.2, -0.15) is 0 Å². The first-order valence-electron chi connectivity index (χ1n) is 10.4. The minimum Gasteiger partial charge on any atom is -0.288 e. The second-order valence-electron chi connectivity index (χ2n) is 8.20. The molecule has 0 saturated heterocycles. The fourth-order valence-electron chi connectivity index (χ4n) is 4.40. The molecule has 1 aliphatic carbocycles. The first-order chi connectivity index (χ1) is 14.4. The third-order valence-electron chi connectivity index (χ3n) is 6.05. The summed E-state index contributed by atoms with van der Waals surface area (Å²) in [6.45, 7) is 8.16. The summed E-state index contributed by atoms with van der Waals surface area (Å²) in [5.41, 5.74) is 4.24. The summed E-state index contributed by atoms with van der Waals surface area (Å²) in [6.07, 6.45) is 6.51. The third-order valence-corrected chi connectivity index (χ3v) is 8.14. The van der Waals surface area contributed by atoms with Gasteiger partial charge in [0.2, 0.25) is 5.78 Å². The number of nitrogens with zero attached hydrogens (tertiary/aromatic N) is 5. The van der Waals surface area contributed by atoms with E-state index in [1.807, 2.05) is 29.0 Å². The van der Waals surface area contributed by atoms with Crippen LogP contribution >= 0.6 is 23.1 Å². The Kier molecular flexibility index (Phi) is 4.94. The summed E-state index contributed by atoms with van der Waals surface area (Å²) in [6, 6.07) is 2.31. The van der Waals surface area contributed by atoms with Crippen molar-refractivity contribution >= 4 is 39.1 Å². The number of aromatic nitrogens is 5. The second-order valence-corrected chi connectivity index (χ2v) is 10.3. The average Bonchev–Trinajstić information content (AvgIpc) is 3.40. The number of thioether (sulfide) groups is 1. The lowest BCUT2D eigenvalue weighted by Crippen LogP contribution is -2.26. The molecule has 0 bridgehead atoms. The Bertz CT molecular complexity index is 1330. The van der Waals surface area contributed by atoms with Gasteiger partial charge in [-0.1, -0.05) is 24.6 Å². The van der Waals surface area contributed by atoms with E-state index in [-0.39, 0.29) is 11.6 Å². The van der Waals surface area contributed by atoms with Gasteiger partial charge in [-0.3, -0.25) is 13.8 Å². The van der Waals surface area contributed by atoms with Crippen LogP contribution < -0.4 is 5.56 Å². The monoisotopic (exact) mass is 439 g/mol. The Balaban J connectivity index is 1.55. The smallest absolute Gasteiger partial charge is 0.263 e. The molecule has 5 rings (SSSR count). The van der Waals surface area contributed by atoms with Crippen molar-refractivity contribution in [1.82, 2.24) is 23.9 Å². The van der Waals surface area contributed by atoms with Crippen LogP contribution in [0.15, 0.2) is 22.2 Å². The van der Waals surface area contributed by atoms with E-state index in [2.05, 4.69) is 24.9 Å². The lowest BCUT2D eigenvalue weighted by molar-refractivity contribution is 0.458. The Morgan fingerprint density at radius 1 is 1.13 bits per heavy atom. The molecule has 0 unspecified atom stereocenters. The van der Waals surface area contributed by atoms with Crippen LogP contribution in [0, 0.1) is 27.7 Å². The topological polar surface area (TPSA) is 65.1 Å². The molecule has 0 spiro atoms. The molecule has 4 aromatic heterocycles. The van der Waals surface area contributed by atoms with Crippen LogP contribution in [0.1, 0.15) is 59.2 Å². The van der Waals surface area contributed by atoms with Crippen LogP contribution in [0.3, 0.4) is 0 Å². The molecule has 30 heavy (non-hydrogen) atoms. The fraction of sp³-hybridized carbons (Fsp3) is 0.455. The highest BCUT2D eigenvalue weighted by Gasteiger charge is 2.25. The standard InChI is InChI=1S/C22H25N5OS2/c1-12-9-13(2)26-10-16(24-21(26)23-12)11-29-22-25-19-18(14(3)15(4)30-19)20(28)27(22)17-7-5-6-8-17/h9-10,17H,5-8,11H2,1-4H3. The number of rotatable bonds is 4. The maximum absolute atomic E-state index is 13.5. The highest BCUT2D eigenvalue weighted by atomic mass is 32.2. The lowest BCUT2D eigenvalue weighted by Gasteiger charge is -2.17. The minimum absolute atomic E-state index is 0.124. The van der Waals surface area contributed by atoms with Crippen molar-refractivity contribution < 1.29 is 0 Å². The molecule has 0 atom stereocenters. The van der Waals surface area contributed by atoms with Crippen molar-refractivity contribution in [1.29, 1.82) is 0 Å². The van der Waals surface area contributed by atoms with E-state index in [0.29, 0.717) is 5.75 Å². The molecule has 0 amide bonds. The summed E-state index contributed by atoms with van der Waals surface area (Å²) < 4.78 is 4.00. The molecule has 1 saturated carbocycles. The van der Waals surface area contributed by atoms with Gasteiger partial charge in [0.15, 0.2) is 5.16 Å². The van der Waals surface area contributed by atoms with Gasteiger partial charge >= 0.3 is 0 Å². The van der Waals surface area contributed by atoms with Gasteiger partial charge in [-0.15, -0.1) is 11.3 Å². The van der Waals surface area contributed by atoms with Crippen LogP contribution in [-0.2, 0) is 5.75 Å². The first-order valence-corrected chi connectivity index (χ1v) is 12.2. The van der Waals surface area contributed by atoms with E-state index in [4.69, 9.17) is 9.97 Å². The largest absolute Gasteiger partial charge is 0.288 e. The van der Waals surface area contributed by atoms with E-state index in [0.717, 1.165) is 56.6 Å². The molecular weight excluding hydrogens is 414 g/mol. The van der Waals surface area contributed by atoms with E-state index >= 15 is 0 Å². The van der Waals surface area contributed by atoms with Crippen LogP contribution in [0.25, 0.3) is 16.0 Å². The average molecular weight is 440 g/mol. The molecule has 0 N–H and O–H groups in total. The number of hydrogen-bond acceptors (Lipinski definition) is 6. The zero-order valence-corrected chi connectivity index (χ0v) is 19.4. The van der Waals surface area contributed by atoms with Gasteiger partial charge < -0.3 is 0 Å². The van der Waals surface area contributed by atoms with E-state index in [9.17, 15) is 4.79 Å². The maximum atomic E-state index is 13.5. The number of hydrogen-bond donors (Lipinski definition) is 0. The van der Waals surface area contributed by atoms with Gasteiger partial charge in [0.25, 0.3) is 5.56 Å². The van der Waals surface area contributed by atoms with E-state index in [1.54, 1.807) is 23.1 Å². The normalized spacial score (nSPS) is 15.1. The zero-order valence-electron chi connectivity index (χ0n) is 17.7. The number of aryl methyl sites for hydroxylation is 4. The summed E-state index contributed by atoms with van der Waals surface area (Å²) in [7, 11) is 0. The molecule has 1 fully saturated rings. The van der Waals surface area contributed by atoms with E-state index < -0.39 is 0 Å². The fourth-order valence-corrected chi connectivity index (χ4v) is 6.42. The summed E-state index contributed by atoms with van der Waals surface area (Å²) in [5.74, 6) is 1.39. The molecular formula is C22H25N5OS2. The summed E-state index contributed by atoms with van der Waals surface area (Å²) in [4.78, 5) is 29.7. The minimum atomic E-state index is 0.124. The molecule has 6 nitrogen and oxygen atoms in total. The van der Waals surface area contributed by atoms with E-state index in [1.165, 1.54) is 17.7 Å². The number of thiophene rings is 1. The van der Waals surface area contributed by atoms with Gasteiger partial charge in [-0.05, 0) is 52.2 Å². The number of imidazole rings is 1. The number of fused-ring (bicyclic) bond motifs is 2. The van der Waals surface area contributed by atoms with Crippen LogP contribution in [-0.4, -0.2) is 23.9 Å². The molecule has 4 aromatic rings. The molecule has 0 aliphatic heterocycles. The van der Waals surface area contributed by atoms with Crippen LogP contribution in [0.2, 0.25) is 0 Å². The quantitative estimate of drug-likeness (QED) is 0.325.